The zero-order chi connectivity index (χ0) is 10.6. The topological polar surface area (TPSA) is 38.3 Å². The lowest BCUT2D eigenvalue weighted by Gasteiger charge is -2.26. The molecule has 4 heteroatoms. The maximum Gasteiger partial charge on any atom is 0.324 e. The zero-order valence-corrected chi connectivity index (χ0v) is 9.95. The minimum Gasteiger partial charge on any atom is -0.465 e. The number of rotatable bonds is 4. The summed E-state index contributed by atoms with van der Waals surface area (Å²) in [5, 5.41) is 3.38. The lowest BCUT2D eigenvalue weighted by Crippen LogP contribution is -2.45. The Bertz CT molecular complexity index is 204. The lowest BCUT2D eigenvalue weighted by atomic mass is 10.1. The number of carbonyl (C=O) groups excluding carboxylic acids is 1. The normalized spacial score (nSPS) is 24.9. The number of ether oxygens (including phenoxy) is 1. The Morgan fingerprint density at radius 1 is 1.50 bits per heavy atom. The Kier molecular flexibility index (Phi) is 4.26. The van der Waals surface area contributed by atoms with E-state index in [-0.39, 0.29) is 16.9 Å². The standard InChI is InChI=1S/C10H19NO2S/c1-4-10(5-2)11-8(7-14-10)9(12)13-6-3/h8,11H,4-7H2,1-3H3/t8-/m0/s1. The van der Waals surface area contributed by atoms with E-state index < -0.39 is 0 Å². The fraction of sp³-hybridized carbons (Fsp3) is 0.900. The predicted molar refractivity (Wildman–Crippen MR) is 59.3 cm³/mol. The molecular formula is C10H19NO2S. The summed E-state index contributed by atoms with van der Waals surface area (Å²) in [4.78, 5) is 11.6. The van der Waals surface area contributed by atoms with Crippen LogP contribution < -0.4 is 5.32 Å². The molecule has 0 amide bonds. The van der Waals surface area contributed by atoms with Crippen molar-refractivity contribution < 1.29 is 9.53 Å². The monoisotopic (exact) mass is 217 g/mol. The lowest BCUT2D eigenvalue weighted by molar-refractivity contribution is -0.145. The second-order valence-corrected chi connectivity index (χ2v) is 4.86. The quantitative estimate of drug-likeness (QED) is 0.728. The molecule has 1 saturated heterocycles. The van der Waals surface area contributed by atoms with Crippen molar-refractivity contribution in [3.63, 3.8) is 0 Å². The van der Waals surface area contributed by atoms with Crippen LogP contribution in [0.25, 0.3) is 0 Å². The largest absolute Gasteiger partial charge is 0.465 e. The third-order valence-electron chi connectivity index (χ3n) is 2.68. The number of esters is 1. The Hall–Kier alpha value is -0.220. The molecule has 14 heavy (non-hydrogen) atoms. The van der Waals surface area contributed by atoms with Crippen LogP contribution in [0.2, 0.25) is 0 Å². The first kappa shape index (κ1) is 11.9. The molecule has 0 spiro atoms. The molecule has 1 heterocycles. The molecule has 0 saturated carbocycles. The molecule has 0 aromatic rings. The summed E-state index contributed by atoms with van der Waals surface area (Å²) in [7, 11) is 0. The van der Waals surface area contributed by atoms with Crippen LogP contribution in [0, 0.1) is 0 Å². The van der Waals surface area contributed by atoms with Gasteiger partial charge in [-0.1, -0.05) is 13.8 Å². The Morgan fingerprint density at radius 3 is 2.57 bits per heavy atom. The average molecular weight is 217 g/mol. The van der Waals surface area contributed by atoms with Gasteiger partial charge in [-0.2, -0.15) is 0 Å². The number of nitrogens with one attached hydrogen (secondary N) is 1. The molecule has 0 aromatic heterocycles. The summed E-state index contributed by atoms with van der Waals surface area (Å²) in [6, 6.07) is -0.111. The van der Waals surface area contributed by atoms with Gasteiger partial charge in [0.1, 0.15) is 6.04 Å². The van der Waals surface area contributed by atoms with E-state index in [1.807, 2.05) is 18.7 Å². The van der Waals surface area contributed by atoms with Crippen LogP contribution in [0.5, 0.6) is 0 Å². The maximum absolute atomic E-state index is 11.5. The summed E-state index contributed by atoms with van der Waals surface area (Å²) >= 11 is 1.84. The van der Waals surface area contributed by atoms with Crippen LogP contribution in [0.15, 0.2) is 0 Å². The zero-order valence-electron chi connectivity index (χ0n) is 9.13. The van der Waals surface area contributed by atoms with Gasteiger partial charge in [-0.05, 0) is 19.8 Å². The molecule has 1 rings (SSSR count). The summed E-state index contributed by atoms with van der Waals surface area (Å²) in [6.45, 7) is 6.61. The minimum absolute atomic E-state index is 0.0947. The molecule has 82 valence electrons. The van der Waals surface area contributed by atoms with Crippen molar-refractivity contribution in [2.75, 3.05) is 12.4 Å². The van der Waals surface area contributed by atoms with Gasteiger partial charge in [-0.25, -0.2) is 0 Å². The van der Waals surface area contributed by atoms with Crippen LogP contribution in [-0.2, 0) is 9.53 Å². The van der Waals surface area contributed by atoms with Crippen molar-refractivity contribution in [2.24, 2.45) is 0 Å². The molecule has 0 aliphatic carbocycles. The summed E-state index contributed by atoms with van der Waals surface area (Å²) in [6.07, 6.45) is 2.09. The fourth-order valence-electron chi connectivity index (χ4n) is 1.67. The predicted octanol–water partition coefficient (Wildman–Crippen LogP) is 1.77. The Balaban J connectivity index is 2.51. The van der Waals surface area contributed by atoms with E-state index >= 15 is 0 Å². The van der Waals surface area contributed by atoms with Crippen LogP contribution in [0.3, 0.4) is 0 Å². The first-order valence-electron chi connectivity index (χ1n) is 5.25. The van der Waals surface area contributed by atoms with E-state index in [9.17, 15) is 4.79 Å². The second kappa shape index (κ2) is 5.03. The van der Waals surface area contributed by atoms with E-state index in [1.165, 1.54) is 0 Å². The molecular weight excluding hydrogens is 198 g/mol. The Morgan fingerprint density at radius 2 is 2.14 bits per heavy atom. The number of carbonyl (C=O) groups is 1. The van der Waals surface area contributed by atoms with Crippen LogP contribution in [0.1, 0.15) is 33.6 Å². The first-order valence-corrected chi connectivity index (χ1v) is 6.24. The van der Waals surface area contributed by atoms with Gasteiger partial charge < -0.3 is 4.74 Å². The molecule has 0 bridgehead atoms. The van der Waals surface area contributed by atoms with Crippen LogP contribution in [0.4, 0.5) is 0 Å². The molecule has 1 atom stereocenters. The van der Waals surface area contributed by atoms with E-state index in [4.69, 9.17) is 4.74 Å². The minimum atomic E-state index is -0.111. The van der Waals surface area contributed by atoms with Crippen molar-refractivity contribution in [2.45, 2.75) is 44.5 Å². The molecule has 1 aliphatic rings. The van der Waals surface area contributed by atoms with Crippen LogP contribution in [-0.4, -0.2) is 29.2 Å². The Labute approximate surface area is 90.0 Å². The third kappa shape index (κ3) is 2.42. The van der Waals surface area contributed by atoms with Crippen molar-refractivity contribution in [3.8, 4) is 0 Å². The molecule has 1 aliphatic heterocycles. The average Bonchev–Trinajstić information content (AvgIpc) is 2.63. The van der Waals surface area contributed by atoms with Crippen molar-refractivity contribution >= 4 is 17.7 Å². The van der Waals surface area contributed by atoms with Crippen molar-refractivity contribution in [1.29, 1.82) is 0 Å². The summed E-state index contributed by atoms with van der Waals surface area (Å²) in [5.74, 6) is 0.726. The molecule has 0 unspecified atom stereocenters. The van der Waals surface area contributed by atoms with Crippen LogP contribution >= 0.6 is 11.8 Å². The van der Waals surface area contributed by atoms with Gasteiger partial charge in [0, 0.05) is 5.75 Å². The number of hydrogen-bond acceptors (Lipinski definition) is 4. The van der Waals surface area contributed by atoms with Gasteiger partial charge in [0.25, 0.3) is 0 Å². The molecule has 0 aromatic carbocycles. The summed E-state index contributed by atoms with van der Waals surface area (Å²) in [5.41, 5.74) is 0. The summed E-state index contributed by atoms with van der Waals surface area (Å²) < 4.78 is 4.99. The number of hydrogen-bond donors (Lipinski definition) is 1. The molecule has 0 radical (unpaired) electrons. The van der Waals surface area contributed by atoms with Gasteiger partial charge in [0.15, 0.2) is 0 Å². The van der Waals surface area contributed by atoms with Gasteiger partial charge in [0.05, 0.1) is 11.5 Å². The van der Waals surface area contributed by atoms with Crippen molar-refractivity contribution in [1.82, 2.24) is 5.32 Å². The highest BCUT2D eigenvalue weighted by molar-refractivity contribution is 8.00. The SMILES string of the molecule is CCOC(=O)[C@@H]1CSC(CC)(CC)N1. The maximum atomic E-state index is 11.5. The second-order valence-electron chi connectivity index (χ2n) is 3.46. The highest BCUT2D eigenvalue weighted by atomic mass is 32.2. The third-order valence-corrected chi connectivity index (χ3v) is 4.42. The molecule has 1 fully saturated rings. The van der Waals surface area contributed by atoms with Gasteiger partial charge in [0.2, 0.25) is 0 Å². The van der Waals surface area contributed by atoms with E-state index in [0.717, 1.165) is 18.6 Å². The van der Waals surface area contributed by atoms with Crippen molar-refractivity contribution in [3.05, 3.63) is 0 Å². The van der Waals surface area contributed by atoms with Gasteiger partial charge in [-0.3, -0.25) is 10.1 Å². The fourth-order valence-corrected chi connectivity index (χ4v) is 3.01. The first-order chi connectivity index (χ1) is 6.67. The highest BCUT2D eigenvalue weighted by Gasteiger charge is 2.39. The van der Waals surface area contributed by atoms with E-state index in [1.54, 1.807) is 0 Å². The smallest absolute Gasteiger partial charge is 0.324 e. The van der Waals surface area contributed by atoms with E-state index in [2.05, 4.69) is 19.2 Å². The molecule has 3 nitrogen and oxygen atoms in total. The van der Waals surface area contributed by atoms with Gasteiger partial charge in [-0.15, -0.1) is 11.8 Å². The van der Waals surface area contributed by atoms with Gasteiger partial charge >= 0.3 is 5.97 Å². The number of thioether (sulfide) groups is 1. The van der Waals surface area contributed by atoms with E-state index in [0.29, 0.717) is 6.61 Å². The highest BCUT2D eigenvalue weighted by Crippen LogP contribution is 2.36. The molecule has 1 N–H and O–H groups in total.